The number of quaternary nitrogens is 1. The summed E-state index contributed by atoms with van der Waals surface area (Å²) < 4.78 is 4.76. The molecule has 29 heavy (non-hydrogen) atoms. The molecule has 0 radical (unpaired) electrons. The fourth-order valence-corrected chi connectivity index (χ4v) is 4.41. The molecule has 1 N–H and O–H groups in total. The van der Waals surface area contributed by atoms with Gasteiger partial charge in [0.1, 0.15) is 6.54 Å². The lowest BCUT2D eigenvalue weighted by Gasteiger charge is -2.23. The first-order valence-corrected chi connectivity index (χ1v) is 10.6. The van der Waals surface area contributed by atoms with Crippen molar-refractivity contribution in [1.82, 2.24) is 18.7 Å². The van der Waals surface area contributed by atoms with E-state index < -0.39 is 0 Å². The maximum atomic E-state index is 12.9. The van der Waals surface area contributed by atoms with Crippen molar-refractivity contribution in [1.29, 1.82) is 0 Å². The highest BCUT2D eigenvalue weighted by molar-refractivity contribution is 5.71. The molecule has 2 aromatic heterocycles. The first kappa shape index (κ1) is 19.6. The highest BCUT2D eigenvalue weighted by Crippen LogP contribution is 2.13. The van der Waals surface area contributed by atoms with Crippen molar-refractivity contribution in [3.8, 4) is 0 Å². The number of imidazole rings is 1. The lowest BCUT2D eigenvalue weighted by atomic mass is 10.1. The van der Waals surface area contributed by atoms with Crippen LogP contribution in [0.15, 0.2) is 39.9 Å². The molecular formula is C22H30N5O2+. The molecule has 1 saturated heterocycles. The van der Waals surface area contributed by atoms with Gasteiger partial charge in [-0.1, -0.05) is 30.3 Å². The van der Waals surface area contributed by atoms with Gasteiger partial charge in [0.15, 0.2) is 17.0 Å². The number of hydrogen-bond acceptors (Lipinski definition) is 3. The lowest BCUT2D eigenvalue weighted by Crippen LogP contribution is -3.11. The Hall–Kier alpha value is -2.67. The summed E-state index contributed by atoms with van der Waals surface area (Å²) in [5.74, 6) is 0.920. The van der Waals surface area contributed by atoms with Crippen molar-refractivity contribution >= 4 is 11.2 Å². The summed E-state index contributed by atoms with van der Waals surface area (Å²) in [6.45, 7) is 3.81. The van der Waals surface area contributed by atoms with Gasteiger partial charge in [0.25, 0.3) is 5.56 Å². The van der Waals surface area contributed by atoms with Crippen LogP contribution in [-0.4, -0.2) is 31.8 Å². The summed E-state index contributed by atoms with van der Waals surface area (Å²) in [5.41, 5.74) is 1.77. The molecule has 7 nitrogen and oxygen atoms in total. The number of benzene rings is 1. The van der Waals surface area contributed by atoms with E-state index in [9.17, 15) is 9.59 Å². The molecular weight excluding hydrogens is 366 g/mol. The zero-order valence-electron chi connectivity index (χ0n) is 17.4. The monoisotopic (exact) mass is 396 g/mol. The van der Waals surface area contributed by atoms with Gasteiger partial charge >= 0.3 is 5.69 Å². The van der Waals surface area contributed by atoms with Crippen LogP contribution < -0.4 is 16.1 Å². The third-order valence-corrected chi connectivity index (χ3v) is 6.09. The number of rotatable bonds is 6. The molecule has 0 amide bonds. The van der Waals surface area contributed by atoms with Gasteiger partial charge in [0.05, 0.1) is 13.1 Å². The number of likely N-dealkylation sites (tertiary alicyclic amines) is 1. The number of fused-ring (bicyclic) bond motifs is 1. The molecule has 1 fully saturated rings. The second-order valence-electron chi connectivity index (χ2n) is 8.13. The van der Waals surface area contributed by atoms with Crippen LogP contribution in [0.2, 0.25) is 0 Å². The van der Waals surface area contributed by atoms with E-state index in [1.807, 2.05) is 6.07 Å². The van der Waals surface area contributed by atoms with Gasteiger partial charge in [0.2, 0.25) is 0 Å². The minimum absolute atomic E-state index is 0.254. The Morgan fingerprint density at radius 1 is 1.00 bits per heavy atom. The highest BCUT2D eigenvalue weighted by Gasteiger charge is 2.23. The zero-order chi connectivity index (χ0) is 20.4. The van der Waals surface area contributed by atoms with Crippen molar-refractivity contribution in [3.05, 3.63) is 62.6 Å². The van der Waals surface area contributed by atoms with Gasteiger partial charge in [-0.15, -0.1) is 0 Å². The van der Waals surface area contributed by atoms with Crippen LogP contribution in [0.3, 0.4) is 0 Å². The molecule has 3 heterocycles. The first-order valence-electron chi connectivity index (χ1n) is 10.6. The van der Waals surface area contributed by atoms with E-state index in [-0.39, 0.29) is 11.2 Å². The molecule has 0 spiro atoms. The van der Waals surface area contributed by atoms with E-state index in [0.29, 0.717) is 11.2 Å². The molecule has 1 aliphatic rings. The molecule has 3 aromatic rings. The van der Waals surface area contributed by atoms with Crippen LogP contribution in [-0.2, 0) is 33.6 Å². The van der Waals surface area contributed by atoms with Crippen molar-refractivity contribution < 1.29 is 4.90 Å². The molecule has 4 rings (SSSR count). The maximum absolute atomic E-state index is 12.9. The Labute approximate surface area is 170 Å². The normalized spacial score (nSPS) is 15.2. The molecule has 0 saturated carbocycles. The van der Waals surface area contributed by atoms with Crippen molar-refractivity contribution in [2.45, 2.75) is 45.2 Å². The maximum Gasteiger partial charge on any atom is 0.332 e. The van der Waals surface area contributed by atoms with Crippen LogP contribution in [0.5, 0.6) is 0 Å². The molecule has 0 aliphatic carbocycles. The van der Waals surface area contributed by atoms with Crippen molar-refractivity contribution in [2.75, 3.05) is 13.1 Å². The van der Waals surface area contributed by atoms with Gasteiger partial charge < -0.3 is 9.47 Å². The highest BCUT2D eigenvalue weighted by atomic mass is 16.2. The fourth-order valence-electron chi connectivity index (χ4n) is 4.41. The number of piperidine rings is 1. The molecule has 0 atom stereocenters. The minimum atomic E-state index is -0.326. The summed E-state index contributed by atoms with van der Waals surface area (Å²) in [4.78, 5) is 31.6. The van der Waals surface area contributed by atoms with E-state index in [0.717, 1.165) is 44.8 Å². The number of aryl methyl sites for hydroxylation is 3. The molecule has 7 heteroatoms. The minimum Gasteiger partial charge on any atom is -0.329 e. The van der Waals surface area contributed by atoms with Crippen LogP contribution in [0.4, 0.5) is 0 Å². The second-order valence-corrected chi connectivity index (χ2v) is 8.13. The number of nitrogens with zero attached hydrogens (tertiary/aromatic N) is 4. The summed E-state index contributed by atoms with van der Waals surface area (Å²) >= 11 is 0. The van der Waals surface area contributed by atoms with Crippen LogP contribution in [0.1, 0.15) is 37.1 Å². The van der Waals surface area contributed by atoms with Crippen molar-refractivity contribution in [3.63, 3.8) is 0 Å². The van der Waals surface area contributed by atoms with Gasteiger partial charge in [0, 0.05) is 20.6 Å². The van der Waals surface area contributed by atoms with E-state index in [1.54, 1.807) is 14.1 Å². The lowest BCUT2D eigenvalue weighted by molar-refractivity contribution is -0.919. The molecule has 0 unspecified atom stereocenters. The average Bonchev–Trinajstić information content (AvgIpc) is 3.10. The van der Waals surface area contributed by atoms with Crippen LogP contribution in [0, 0.1) is 0 Å². The van der Waals surface area contributed by atoms with Crippen molar-refractivity contribution in [2.24, 2.45) is 14.1 Å². The van der Waals surface area contributed by atoms with E-state index >= 15 is 0 Å². The summed E-state index contributed by atoms with van der Waals surface area (Å²) in [5, 5.41) is 0. The Kier molecular flexibility index (Phi) is 5.67. The Morgan fingerprint density at radius 3 is 2.45 bits per heavy atom. The Bertz CT molecular complexity index is 1100. The van der Waals surface area contributed by atoms with Gasteiger partial charge in [-0.2, -0.15) is 0 Å². The fraction of sp³-hybridized carbons (Fsp3) is 0.500. The summed E-state index contributed by atoms with van der Waals surface area (Å²) in [6.07, 6.45) is 5.64. The second kappa shape index (κ2) is 8.37. The smallest absolute Gasteiger partial charge is 0.329 e. The average molecular weight is 397 g/mol. The van der Waals surface area contributed by atoms with E-state index in [4.69, 9.17) is 4.98 Å². The van der Waals surface area contributed by atoms with Crippen LogP contribution in [0.25, 0.3) is 11.2 Å². The topological polar surface area (TPSA) is 66.3 Å². The van der Waals surface area contributed by atoms with Gasteiger partial charge in [-0.05, 0) is 37.7 Å². The Balaban J connectivity index is 1.70. The van der Waals surface area contributed by atoms with E-state index in [2.05, 4.69) is 28.8 Å². The zero-order valence-corrected chi connectivity index (χ0v) is 17.4. The largest absolute Gasteiger partial charge is 0.332 e. The molecule has 1 aromatic carbocycles. The molecule has 0 bridgehead atoms. The van der Waals surface area contributed by atoms with E-state index in [1.165, 1.54) is 38.9 Å². The molecule has 154 valence electrons. The summed E-state index contributed by atoms with van der Waals surface area (Å²) in [7, 11) is 3.24. The Morgan fingerprint density at radius 2 is 1.72 bits per heavy atom. The SMILES string of the molecule is Cn1c(=O)c2c(nc(C[NH+]3CCCCC3)n2CCCc2ccccc2)n(C)c1=O. The molecule has 1 aliphatic heterocycles. The third-order valence-electron chi connectivity index (χ3n) is 6.09. The predicted molar refractivity (Wildman–Crippen MR) is 113 cm³/mol. The standard InChI is InChI=1S/C22H29N5O2/c1-24-20-19(21(28)25(2)22(24)29)27(15-9-12-17-10-5-3-6-11-17)18(23-20)16-26-13-7-4-8-14-26/h3,5-6,10-11H,4,7-9,12-16H2,1-2H3/p+1. The third kappa shape index (κ3) is 3.92. The summed E-state index contributed by atoms with van der Waals surface area (Å²) in [6, 6.07) is 10.4. The number of nitrogens with one attached hydrogen (secondary N) is 1. The quantitative estimate of drug-likeness (QED) is 0.665. The number of hydrogen-bond donors (Lipinski definition) is 1. The first-order chi connectivity index (χ1) is 14.1. The predicted octanol–water partition coefficient (Wildman–Crippen LogP) is 0.635. The van der Waals surface area contributed by atoms with Gasteiger partial charge in [-0.3, -0.25) is 13.9 Å². The number of aromatic nitrogens is 4. The van der Waals surface area contributed by atoms with Crippen LogP contribution >= 0.6 is 0 Å². The van der Waals surface area contributed by atoms with Gasteiger partial charge in [-0.25, -0.2) is 9.78 Å².